The van der Waals surface area contributed by atoms with E-state index in [2.05, 4.69) is 4.98 Å². The third-order valence-electron chi connectivity index (χ3n) is 4.60. The van der Waals surface area contributed by atoms with E-state index < -0.39 is 12.0 Å². The fourth-order valence-electron chi connectivity index (χ4n) is 3.70. The van der Waals surface area contributed by atoms with Crippen LogP contribution in [0.25, 0.3) is 0 Å². The zero-order valence-corrected chi connectivity index (χ0v) is 12.7. The summed E-state index contributed by atoms with van der Waals surface area (Å²) >= 11 is 1.41. The Bertz CT molecular complexity index is 578. The largest absolute Gasteiger partial charge is 0.480 e. The predicted octanol–water partition coefficient (Wildman–Crippen LogP) is 2.13. The summed E-state index contributed by atoms with van der Waals surface area (Å²) in [6, 6.07) is 2.77. The maximum absolute atomic E-state index is 12.8. The van der Waals surface area contributed by atoms with Crippen molar-refractivity contribution in [3.8, 4) is 0 Å². The number of thioether (sulfide) groups is 1. The van der Waals surface area contributed by atoms with E-state index in [1.54, 1.807) is 23.2 Å². The lowest BCUT2D eigenvalue weighted by Gasteiger charge is -2.25. The molecule has 1 aromatic heterocycles. The Labute approximate surface area is 127 Å². The third-order valence-corrected chi connectivity index (χ3v) is 5.31. The van der Waals surface area contributed by atoms with Gasteiger partial charge in [-0.25, -0.2) is 9.78 Å². The number of carboxylic acids is 1. The molecule has 3 atom stereocenters. The van der Waals surface area contributed by atoms with Gasteiger partial charge in [0.1, 0.15) is 11.1 Å². The zero-order valence-electron chi connectivity index (χ0n) is 11.9. The highest BCUT2D eigenvalue weighted by Gasteiger charge is 2.49. The first-order valence-electron chi connectivity index (χ1n) is 7.16. The van der Waals surface area contributed by atoms with E-state index in [1.807, 2.05) is 6.26 Å². The Morgan fingerprint density at radius 2 is 2.24 bits per heavy atom. The number of hydrogen-bond donors (Lipinski definition) is 1. The second-order valence-corrected chi connectivity index (χ2v) is 6.45. The van der Waals surface area contributed by atoms with Crippen molar-refractivity contribution in [1.82, 2.24) is 9.88 Å². The smallest absolute Gasteiger partial charge is 0.326 e. The number of carbonyl (C=O) groups excluding carboxylic acids is 1. The highest BCUT2D eigenvalue weighted by Crippen LogP contribution is 2.43. The Morgan fingerprint density at radius 3 is 2.95 bits per heavy atom. The number of fused-ring (bicyclic) bond motifs is 1. The minimum Gasteiger partial charge on any atom is -0.480 e. The van der Waals surface area contributed by atoms with Gasteiger partial charge in [0.25, 0.3) is 5.91 Å². The number of amides is 1. The number of likely N-dealkylation sites (tertiary alicyclic amines) is 1. The Balaban J connectivity index is 1.92. The standard InChI is InChI=1S/C15H18N2O3S/c1-21-13-11(6-3-7-16-13)14(18)17-8-9-4-2-5-10(9)12(17)15(19)20/h3,6-7,9-10,12H,2,4-5,8H2,1H3,(H,19,20). The lowest BCUT2D eigenvalue weighted by atomic mass is 9.94. The van der Waals surface area contributed by atoms with Crippen LogP contribution in [0.1, 0.15) is 29.6 Å². The molecule has 6 heteroatoms. The second-order valence-electron chi connectivity index (χ2n) is 5.66. The second kappa shape index (κ2) is 5.67. The van der Waals surface area contributed by atoms with Gasteiger partial charge in [0.2, 0.25) is 0 Å². The number of aliphatic carboxylic acids is 1. The number of carbonyl (C=O) groups is 2. The van der Waals surface area contributed by atoms with Crippen molar-refractivity contribution < 1.29 is 14.7 Å². The number of nitrogens with zero attached hydrogens (tertiary/aromatic N) is 2. The van der Waals surface area contributed by atoms with E-state index in [0.717, 1.165) is 19.3 Å². The number of hydrogen-bond acceptors (Lipinski definition) is 4. The van der Waals surface area contributed by atoms with E-state index in [0.29, 0.717) is 23.1 Å². The minimum atomic E-state index is -0.882. The van der Waals surface area contributed by atoms with Gasteiger partial charge in [-0.15, -0.1) is 11.8 Å². The van der Waals surface area contributed by atoms with Crippen LogP contribution in [0, 0.1) is 11.8 Å². The first kappa shape index (κ1) is 14.4. The van der Waals surface area contributed by atoms with Crippen LogP contribution in [-0.2, 0) is 4.79 Å². The van der Waals surface area contributed by atoms with Gasteiger partial charge in [-0.3, -0.25) is 4.79 Å². The van der Waals surface area contributed by atoms with E-state index in [-0.39, 0.29) is 11.8 Å². The van der Waals surface area contributed by atoms with Crippen LogP contribution < -0.4 is 0 Å². The van der Waals surface area contributed by atoms with Gasteiger partial charge in [0, 0.05) is 12.7 Å². The predicted molar refractivity (Wildman–Crippen MR) is 79.3 cm³/mol. The number of carboxylic acid groups (broad SMARTS) is 1. The summed E-state index contributed by atoms with van der Waals surface area (Å²) in [5, 5.41) is 10.2. The summed E-state index contributed by atoms with van der Waals surface area (Å²) in [6.45, 7) is 0.559. The molecule has 3 unspecified atom stereocenters. The Morgan fingerprint density at radius 1 is 1.43 bits per heavy atom. The van der Waals surface area contributed by atoms with Gasteiger partial charge >= 0.3 is 5.97 Å². The van der Waals surface area contributed by atoms with Crippen LogP contribution in [0.2, 0.25) is 0 Å². The summed E-state index contributed by atoms with van der Waals surface area (Å²) in [5.41, 5.74) is 0.510. The summed E-state index contributed by atoms with van der Waals surface area (Å²) in [5.74, 6) is -0.633. The van der Waals surface area contributed by atoms with Crippen molar-refractivity contribution in [2.24, 2.45) is 11.8 Å². The molecule has 1 aliphatic carbocycles. The van der Waals surface area contributed by atoms with Crippen LogP contribution in [0.5, 0.6) is 0 Å². The maximum atomic E-state index is 12.8. The van der Waals surface area contributed by atoms with E-state index in [4.69, 9.17) is 0 Å². The van der Waals surface area contributed by atoms with Gasteiger partial charge in [-0.1, -0.05) is 6.42 Å². The molecule has 1 saturated heterocycles. The quantitative estimate of drug-likeness (QED) is 0.866. The topological polar surface area (TPSA) is 70.5 Å². The fourth-order valence-corrected chi connectivity index (χ4v) is 4.24. The normalized spacial score (nSPS) is 27.7. The molecule has 2 fully saturated rings. The van der Waals surface area contributed by atoms with Gasteiger partial charge in [-0.2, -0.15) is 0 Å². The molecule has 1 amide bonds. The van der Waals surface area contributed by atoms with Gasteiger partial charge in [-0.05, 0) is 43.1 Å². The molecule has 1 saturated carbocycles. The zero-order chi connectivity index (χ0) is 15.0. The lowest BCUT2D eigenvalue weighted by molar-refractivity contribution is -0.142. The van der Waals surface area contributed by atoms with E-state index in [1.165, 1.54) is 11.8 Å². The molecule has 1 N–H and O–H groups in total. The maximum Gasteiger partial charge on any atom is 0.326 e. The van der Waals surface area contributed by atoms with Crippen molar-refractivity contribution in [2.75, 3.05) is 12.8 Å². The molecule has 2 heterocycles. The first-order valence-corrected chi connectivity index (χ1v) is 8.38. The van der Waals surface area contributed by atoms with Crippen molar-refractivity contribution in [3.05, 3.63) is 23.9 Å². The molecule has 112 valence electrons. The van der Waals surface area contributed by atoms with Crippen LogP contribution in [0.4, 0.5) is 0 Å². The lowest BCUT2D eigenvalue weighted by Crippen LogP contribution is -2.43. The Hall–Kier alpha value is -1.56. The van der Waals surface area contributed by atoms with Crippen molar-refractivity contribution in [3.63, 3.8) is 0 Å². The van der Waals surface area contributed by atoms with Gasteiger partial charge in [0.15, 0.2) is 0 Å². The molecule has 0 spiro atoms. The highest BCUT2D eigenvalue weighted by molar-refractivity contribution is 7.98. The minimum absolute atomic E-state index is 0.112. The van der Waals surface area contributed by atoms with Gasteiger partial charge in [0.05, 0.1) is 5.56 Å². The van der Waals surface area contributed by atoms with Crippen LogP contribution in [-0.4, -0.2) is 45.7 Å². The monoisotopic (exact) mass is 306 g/mol. The average Bonchev–Trinajstić information content (AvgIpc) is 3.06. The molecule has 3 rings (SSSR count). The highest BCUT2D eigenvalue weighted by atomic mass is 32.2. The summed E-state index contributed by atoms with van der Waals surface area (Å²) in [6.07, 6.45) is 6.53. The number of aromatic nitrogens is 1. The molecule has 2 aliphatic rings. The van der Waals surface area contributed by atoms with Crippen LogP contribution in [0.15, 0.2) is 23.4 Å². The number of pyridine rings is 1. The molecule has 1 aliphatic heterocycles. The van der Waals surface area contributed by atoms with Crippen molar-refractivity contribution >= 4 is 23.6 Å². The van der Waals surface area contributed by atoms with Crippen molar-refractivity contribution in [2.45, 2.75) is 30.3 Å². The van der Waals surface area contributed by atoms with E-state index in [9.17, 15) is 14.7 Å². The third kappa shape index (κ3) is 2.41. The number of rotatable bonds is 3. The average molecular weight is 306 g/mol. The molecule has 0 aromatic carbocycles. The SMILES string of the molecule is CSc1ncccc1C(=O)N1CC2CCCC2C1C(=O)O. The molecule has 0 radical (unpaired) electrons. The Kier molecular flexibility index (Phi) is 3.89. The van der Waals surface area contributed by atoms with Crippen molar-refractivity contribution in [1.29, 1.82) is 0 Å². The molecular formula is C15H18N2O3S. The molecule has 21 heavy (non-hydrogen) atoms. The fraction of sp³-hybridized carbons (Fsp3) is 0.533. The molecule has 0 bridgehead atoms. The molecule has 5 nitrogen and oxygen atoms in total. The van der Waals surface area contributed by atoms with Crippen LogP contribution in [0.3, 0.4) is 0 Å². The summed E-state index contributed by atoms with van der Waals surface area (Å²) < 4.78 is 0. The molecular weight excluding hydrogens is 288 g/mol. The summed E-state index contributed by atoms with van der Waals surface area (Å²) in [4.78, 5) is 30.2. The van der Waals surface area contributed by atoms with Crippen LogP contribution >= 0.6 is 11.8 Å². The first-order chi connectivity index (χ1) is 10.1. The van der Waals surface area contributed by atoms with E-state index >= 15 is 0 Å². The molecule has 1 aromatic rings. The summed E-state index contributed by atoms with van der Waals surface area (Å²) in [7, 11) is 0. The van der Waals surface area contributed by atoms with Gasteiger partial charge < -0.3 is 10.0 Å².